The highest BCUT2D eigenvalue weighted by Crippen LogP contribution is 2.79. The van der Waals surface area contributed by atoms with E-state index in [1.807, 2.05) is 0 Å². The number of hydrogen-bond acceptors (Lipinski definition) is 0. The normalized spacial score (nSPS) is 57.3. The van der Waals surface area contributed by atoms with E-state index in [-0.39, 0.29) is 0 Å². The van der Waals surface area contributed by atoms with E-state index in [1.54, 1.807) is 0 Å². The maximum absolute atomic E-state index is 5.87. The van der Waals surface area contributed by atoms with Crippen LogP contribution in [0.25, 0.3) is 0 Å². The Balaban J connectivity index is 1.73. The maximum Gasteiger partial charge on any atom is 0.0280 e. The molecule has 56 valence electrons. The summed E-state index contributed by atoms with van der Waals surface area (Å²) in [6.45, 7) is 0. The van der Waals surface area contributed by atoms with Gasteiger partial charge in [-0.3, -0.25) is 0 Å². The zero-order valence-corrected chi connectivity index (χ0v) is 6.95. The Labute approximate surface area is 66.9 Å². The number of rotatable bonds is 2. The van der Waals surface area contributed by atoms with Crippen molar-refractivity contribution in [2.75, 3.05) is 5.88 Å². The van der Waals surface area contributed by atoms with Crippen molar-refractivity contribution in [2.45, 2.75) is 32.1 Å². The highest BCUT2D eigenvalue weighted by atomic mass is 35.5. The van der Waals surface area contributed by atoms with Gasteiger partial charge in [-0.2, -0.15) is 0 Å². The minimum absolute atomic E-state index is 0.657. The molecule has 0 aromatic heterocycles. The molecule has 4 aliphatic rings. The van der Waals surface area contributed by atoms with Crippen LogP contribution in [0.15, 0.2) is 0 Å². The van der Waals surface area contributed by atoms with Gasteiger partial charge in [-0.15, -0.1) is 11.6 Å². The highest BCUT2D eigenvalue weighted by molar-refractivity contribution is 6.18. The number of halogens is 1. The Hall–Kier alpha value is 0.290. The van der Waals surface area contributed by atoms with Crippen LogP contribution in [0, 0.1) is 16.7 Å². The van der Waals surface area contributed by atoms with E-state index in [4.69, 9.17) is 11.6 Å². The van der Waals surface area contributed by atoms with Gasteiger partial charge in [-0.1, -0.05) is 0 Å². The van der Waals surface area contributed by atoms with Crippen LogP contribution in [0.1, 0.15) is 32.1 Å². The molecule has 0 saturated heterocycles. The summed E-state index contributed by atoms with van der Waals surface area (Å²) in [4.78, 5) is 0. The molecule has 0 heterocycles. The molecule has 4 rings (SSSR count). The minimum atomic E-state index is 0.657. The lowest BCUT2D eigenvalue weighted by molar-refractivity contribution is -0.201. The Morgan fingerprint density at radius 1 is 1.20 bits per heavy atom. The van der Waals surface area contributed by atoms with Gasteiger partial charge in [-0.25, -0.2) is 0 Å². The van der Waals surface area contributed by atoms with Crippen molar-refractivity contribution in [3.05, 3.63) is 0 Å². The summed E-state index contributed by atoms with van der Waals surface area (Å²) in [6, 6.07) is 0. The summed E-state index contributed by atoms with van der Waals surface area (Å²) in [5.74, 6) is 2.07. The fraction of sp³-hybridized carbons (Fsp3) is 1.00. The Bertz CT molecular complexity index is 161. The molecule has 0 aromatic carbocycles. The third-order valence-corrected chi connectivity index (χ3v) is 4.47. The highest BCUT2D eigenvalue weighted by Gasteiger charge is 2.71. The second kappa shape index (κ2) is 1.41. The summed E-state index contributed by atoms with van der Waals surface area (Å²) in [5.41, 5.74) is 1.51. The lowest BCUT2D eigenvalue weighted by Crippen LogP contribution is -2.63. The Morgan fingerprint density at radius 3 is 2.20 bits per heavy atom. The number of hydrogen-bond donors (Lipinski definition) is 0. The van der Waals surface area contributed by atoms with E-state index in [0.29, 0.717) is 5.41 Å². The first-order valence-electron chi connectivity index (χ1n) is 4.35. The van der Waals surface area contributed by atoms with Crippen molar-refractivity contribution in [1.82, 2.24) is 0 Å². The largest absolute Gasteiger partial charge is 0.126 e. The lowest BCUT2D eigenvalue weighted by atomic mass is 9.34. The van der Waals surface area contributed by atoms with Crippen molar-refractivity contribution in [3.8, 4) is 0 Å². The van der Waals surface area contributed by atoms with E-state index in [9.17, 15) is 0 Å². The smallest absolute Gasteiger partial charge is 0.0280 e. The molecule has 10 heavy (non-hydrogen) atoms. The lowest BCUT2D eigenvalue weighted by Gasteiger charge is -2.71. The predicted octanol–water partition coefficient (Wildman–Crippen LogP) is 2.81. The molecule has 0 aliphatic heterocycles. The zero-order valence-electron chi connectivity index (χ0n) is 6.20. The maximum atomic E-state index is 5.87. The van der Waals surface area contributed by atoms with Gasteiger partial charge in [-0.05, 0) is 48.9 Å². The van der Waals surface area contributed by atoms with Crippen molar-refractivity contribution in [1.29, 1.82) is 0 Å². The van der Waals surface area contributed by atoms with Crippen LogP contribution in [0.3, 0.4) is 0 Å². The molecule has 0 aromatic rings. The molecule has 1 heteroatoms. The molecule has 0 radical (unpaired) electrons. The first-order chi connectivity index (χ1) is 4.79. The van der Waals surface area contributed by atoms with Crippen molar-refractivity contribution in [2.24, 2.45) is 16.7 Å². The average Bonchev–Trinajstić information content (AvgIpc) is 2.42. The first-order valence-corrected chi connectivity index (χ1v) is 4.88. The monoisotopic (exact) mass is 156 g/mol. The van der Waals surface area contributed by atoms with Crippen LogP contribution in [-0.4, -0.2) is 5.88 Å². The summed E-state index contributed by atoms with van der Waals surface area (Å²) >= 11 is 5.87. The molecule has 0 amide bonds. The van der Waals surface area contributed by atoms with E-state index in [0.717, 1.165) is 17.2 Å². The standard InChI is InChI=1S/C9H13Cl/c10-6-8-3-9(4-8,5-8)7-1-2-7/h7H,1-6H2. The molecule has 4 saturated carbocycles. The third-order valence-electron chi connectivity index (χ3n) is 3.91. The Kier molecular flexibility index (Phi) is 0.828. The predicted molar refractivity (Wildman–Crippen MR) is 42.2 cm³/mol. The van der Waals surface area contributed by atoms with Crippen molar-refractivity contribution >= 4 is 11.6 Å². The van der Waals surface area contributed by atoms with Crippen molar-refractivity contribution in [3.63, 3.8) is 0 Å². The van der Waals surface area contributed by atoms with Crippen LogP contribution in [0.5, 0.6) is 0 Å². The summed E-state index contributed by atoms with van der Waals surface area (Å²) < 4.78 is 0. The van der Waals surface area contributed by atoms with Gasteiger partial charge in [0, 0.05) is 5.88 Å². The molecule has 0 N–H and O–H groups in total. The second-order valence-corrected chi connectivity index (χ2v) is 5.07. The minimum Gasteiger partial charge on any atom is -0.126 e. The topological polar surface area (TPSA) is 0 Å². The summed E-state index contributed by atoms with van der Waals surface area (Å²) in [6.07, 6.45) is 7.49. The van der Waals surface area contributed by atoms with Crippen LogP contribution in [-0.2, 0) is 0 Å². The van der Waals surface area contributed by atoms with Gasteiger partial charge in [0.1, 0.15) is 0 Å². The van der Waals surface area contributed by atoms with E-state index in [1.165, 1.54) is 32.1 Å². The van der Waals surface area contributed by atoms with Crippen LogP contribution in [0.2, 0.25) is 0 Å². The van der Waals surface area contributed by atoms with E-state index < -0.39 is 0 Å². The molecule has 0 atom stereocenters. The van der Waals surface area contributed by atoms with Gasteiger partial charge in [0.25, 0.3) is 0 Å². The zero-order chi connectivity index (χ0) is 6.82. The van der Waals surface area contributed by atoms with Crippen LogP contribution in [0.4, 0.5) is 0 Å². The van der Waals surface area contributed by atoms with Gasteiger partial charge < -0.3 is 0 Å². The van der Waals surface area contributed by atoms with Gasteiger partial charge in [0.05, 0.1) is 0 Å². The third kappa shape index (κ3) is 0.480. The molecular weight excluding hydrogens is 144 g/mol. The fourth-order valence-electron chi connectivity index (χ4n) is 3.36. The molecule has 0 spiro atoms. The quantitative estimate of drug-likeness (QED) is 0.540. The second-order valence-electron chi connectivity index (χ2n) is 4.80. The average molecular weight is 157 g/mol. The number of alkyl halides is 1. The molecular formula is C9H13Cl. The fourth-order valence-corrected chi connectivity index (χ4v) is 3.64. The molecule has 2 bridgehead atoms. The van der Waals surface area contributed by atoms with E-state index in [2.05, 4.69) is 0 Å². The molecule has 4 fully saturated rings. The van der Waals surface area contributed by atoms with Gasteiger partial charge in [0.15, 0.2) is 0 Å². The first kappa shape index (κ1) is 5.88. The van der Waals surface area contributed by atoms with E-state index >= 15 is 0 Å². The van der Waals surface area contributed by atoms with Crippen molar-refractivity contribution < 1.29 is 0 Å². The summed E-state index contributed by atoms with van der Waals surface area (Å²) in [5, 5.41) is 0. The van der Waals surface area contributed by atoms with Crippen LogP contribution >= 0.6 is 11.6 Å². The summed E-state index contributed by atoms with van der Waals surface area (Å²) in [7, 11) is 0. The SMILES string of the molecule is ClCC12CC(C3CC3)(C1)C2. The van der Waals surface area contributed by atoms with Gasteiger partial charge in [0.2, 0.25) is 0 Å². The Morgan fingerprint density at radius 2 is 1.80 bits per heavy atom. The molecule has 0 nitrogen and oxygen atoms in total. The van der Waals surface area contributed by atoms with Gasteiger partial charge >= 0.3 is 0 Å². The molecule has 4 aliphatic carbocycles. The molecule has 0 unspecified atom stereocenters. The van der Waals surface area contributed by atoms with Crippen LogP contribution < -0.4 is 0 Å².